The summed E-state index contributed by atoms with van der Waals surface area (Å²) in [5.74, 6) is 0.359. The standard InChI is InChI=1S/C19H20O4/c1-13(2)9-10-23-19-15(11-17(21)12-18(19)22)6-3-14-4-7-16(20)8-5-14/h3-9,11-12,20-22H,10H2,1-2H3. The zero-order valence-corrected chi connectivity index (χ0v) is 13.2. The predicted octanol–water partition coefficient (Wildman–Crippen LogP) is 4.32. The van der Waals surface area contributed by atoms with Gasteiger partial charge in [-0.15, -0.1) is 0 Å². The van der Waals surface area contributed by atoms with E-state index in [4.69, 9.17) is 4.74 Å². The molecule has 0 aliphatic rings. The van der Waals surface area contributed by atoms with Crippen molar-refractivity contribution in [2.24, 2.45) is 0 Å². The lowest BCUT2D eigenvalue weighted by Crippen LogP contribution is -1.96. The molecule has 2 aromatic carbocycles. The van der Waals surface area contributed by atoms with E-state index < -0.39 is 0 Å². The second-order valence-corrected chi connectivity index (χ2v) is 5.40. The van der Waals surface area contributed by atoms with Crippen molar-refractivity contribution in [2.75, 3.05) is 6.61 Å². The molecule has 2 aromatic rings. The van der Waals surface area contributed by atoms with E-state index in [2.05, 4.69) is 0 Å². The van der Waals surface area contributed by atoms with Crippen LogP contribution in [0.25, 0.3) is 12.2 Å². The Hall–Kier alpha value is -2.88. The minimum absolute atomic E-state index is 0.0394. The molecule has 0 saturated heterocycles. The molecule has 4 heteroatoms. The van der Waals surface area contributed by atoms with E-state index in [1.54, 1.807) is 36.4 Å². The van der Waals surface area contributed by atoms with Crippen LogP contribution < -0.4 is 4.74 Å². The van der Waals surface area contributed by atoms with Crippen molar-refractivity contribution in [1.29, 1.82) is 0 Å². The van der Waals surface area contributed by atoms with Crippen molar-refractivity contribution in [2.45, 2.75) is 13.8 Å². The number of phenols is 3. The number of hydrogen-bond donors (Lipinski definition) is 3. The monoisotopic (exact) mass is 312 g/mol. The summed E-state index contributed by atoms with van der Waals surface area (Å²) in [7, 11) is 0. The molecule has 23 heavy (non-hydrogen) atoms. The van der Waals surface area contributed by atoms with Gasteiger partial charge < -0.3 is 20.1 Å². The van der Waals surface area contributed by atoms with Gasteiger partial charge in [0, 0.05) is 11.6 Å². The van der Waals surface area contributed by atoms with Crippen molar-refractivity contribution < 1.29 is 20.1 Å². The lowest BCUT2D eigenvalue weighted by molar-refractivity contribution is 0.332. The Bertz CT molecular complexity index is 724. The summed E-state index contributed by atoms with van der Waals surface area (Å²) in [6.45, 7) is 4.26. The topological polar surface area (TPSA) is 69.9 Å². The minimum atomic E-state index is -0.113. The van der Waals surface area contributed by atoms with E-state index >= 15 is 0 Å². The van der Waals surface area contributed by atoms with Gasteiger partial charge in [0.25, 0.3) is 0 Å². The van der Waals surface area contributed by atoms with Crippen LogP contribution in [-0.2, 0) is 0 Å². The first-order chi connectivity index (χ1) is 11.0. The number of allylic oxidation sites excluding steroid dienone is 1. The van der Waals surface area contributed by atoms with Crippen LogP contribution in [0.1, 0.15) is 25.0 Å². The third-order valence-electron chi connectivity index (χ3n) is 3.15. The van der Waals surface area contributed by atoms with Crippen LogP contribution in [0.4, 0.5) is 0 Å². The van der Waals surface area contributed by atoms with Crippen LogP contribution in [0.15, 0.2) is 48.0 Å². The second kappa shape index (κ2) is 7.40. The summed E-state index contributed by atoms with van der Waals surface area (Å²) in [6.07, 6.45) is 5.45. The number of rotatable bonds is 5. The summed E-state index contributed by atoms with van der Waals surface area (Å²) in [5, 5.41) is 29.0. The normalized spacial score (nSPS) is 10.7. The van der Waals surface area contributed by atoms with Crippen molar-refractivity contribution in [1.82, 2.24) is 0 Å². The zero-order chi connectivity index (χ0) is 16.8. The first-order valence-corrected chi connectivity index (χ1v) is 7.25. The molecule has 0 radical (unpaired) electrons. The molecule has 0 aliphatic carbocycles. The smallest absolute Gasteiger partial charge is 0.168 e. The summed E-state index contributed by atoms with van der Waals surface area (Å²) in [4.78, 5) is 0. The molecule has 3 N–H and O–H groups in total. The highest BCUT2D eigenvalue weighted by Gasteiger charge is 2.09. The van der Waals surface area contributed by atoms with E-state index in [0.717, 1.165) is 11.1 Å². The van der Waals surface area contributed by atoms with Crippen molar-refractivity contribution >= 4 is 12.2 Å². The minimum Gasteiger partial charge on any atom is -0.508 e. The third kappa shape index (κ3) is 4.81. The van der Waals surface area contributed by atoms with Gasteiger partial charge in [-0.05, 0) is 43.7 Å². The molecule has 0 atom stereocenters. The van der Waals surface area contributed by atoms with Gasteiger partial charge in [-0.2, -0.15) is 0 Å². The molecule has 0 unspecified atom stereocenters. The lowest BCUT2D eigenvalue weighted by Gasteiger charge is -2.10. The predicted molar refractivity (Wildman–Crippen MR) is 91.7 cm³/mol. The maximum Gasteiger partial charge on any atom is 0.168 e. The highest BCUT2D eigenvalue weighted by Crippen LogP contribution is 2.35. The Labute approximate surface area is 135 Å². The third-order valence-corrected chi connectivity index (χ3v) is 3.15. The summed E-state index contributed by atoms with van der Waals surface area (Å²) in [6, 6.07) is 9.47. The fourth-order valence-corrected chi connectivity index (χ4v) is 1.96. The fourth-order valence-electron chi connectivity index (χ4n) is 1.96. The molecule has 0 saturated carbocycles. The lowest BCUT2D eigenvalue weighted by atomic mass is 10.1. The summed E-state index contributed by atoms with van der Waals surface area (Å²) in [5.41, 5.74) is 2.56. The Balaban J connectivity index is 2.28. The van der Waals surface area contributed by atoms with Crippen LogP contribution >= 0.6 is 0 Å². The first-order valence-electron chi connectivity index (χ1n) is 7.25. The molecule has 120 valence electrons. The van der Waals surface area contributed by atoms with Crippen LogP contribution in [-0.4, -0.2) is 21.9 Å². The van der Waals surface area contributed by atoms with Gasteiger partial charge in [-0.1, -0.05) is 29.9 Å². The van der Waals surface area contributed by atoms with Gasteiger partial charge in [0.15, 0.2) is 11.5 Å². The zero-order valence-electron chi connectivity index (χ0n) is 13.2. The molecule has 0 aliphatic heterocycles. The van der Waals surface area contributed by atoms with Crippen LogP contribution in [0.3, 0.4) is 0 Å². The molecule has 4 nitrogen and oxygen atoms in total. The maximum absolute atomic E-state index is 10.00. The average molecular weight is 312 g/mol. The molecule has 0 bridgehead atoms. The molecule has 0 amide bonds. The largest absolute Gasteiger partial charge is 0.508 e. The van der Waals surface area contributed by atoms with E-state index in [9.17, 15) is 15.3 Å². The fraction of sp³-hybridized carbons (Fsp3) is 0.158. The number of phenolic OH excluding ortho intramolecular Hbond substituents is 3. The Morgan fingerprint density at radius 1 is 0.957 bits per heavy atom. The second-order valence-electron chi connectivity index (χ2n) is 5.40. The molecule has 2 rings (SSSR count). The van der Waals surface area contributed by atoms with E-state index in [0.29, 0.717) is 17.9 Å². The van der Waals surface area contributed by atoms with E-state index in [1.165, 1.54) is 12.1 Å². The van der Waals surface area contributed by atoms with Crippen LogP contribution in [0, 0.1) is 0 Å². The van der Waals surface area contributed by atoms with Crippen molar-refractivity contribution in [3.05, 3.63) is 59.2 Å². The van der Waals surface area contributed by atoms with Crippen molar-refractivity contribution in [3.8, 4) is 23.0 Å². The van der Waals surface area contributed by atoms with Gasteiger partial charge in [-0.25, -0.2) is 0 Å². The average Bonchev–Trinajstić information content (AvgIpc) is 2.48. The van der Waals surface area contributed by atoms with Crippen LogP contribution in [0.2, 0.25) is 0 Å². The van der Waals surface area contributed by atoms with Gasteiger partial charge >= 0.3 is 0 Å². The maximum atomic E-state index is 10.00. The summed E-state index contributed by atoms with van der Waals surface area (Å²) >= 11 is 0. The van der Waals surface area contributed by atoms with E-state index in [1.807, 2.05) is 19.9 Å². The molecular weight excluding hydrogens is 292 g/mol. The van der Waals surface area contributed by atoms with Gasteiger partial charge in [0.05, 0.1) is 0 Å². The quantitative estimate of drug-likeness (QED) is 0.568. The molecular formula is C19H20O4. The molecule has 0 aromatic heterocycles. The highest BCUT2D eigenvalue weighted by molar-refractivity contribution is 5.75. The number of ether oxygens (including phenoxy) is 1. The Morgan fingerprint density at radius 3 is 2.30 bits per heavy atom. The van der Waals surface area contributed by atoms with Gasteiger partial charge in [0.2, 0.25) is 0 Å². The first kappa shape index (κ1) is 16.5. The Kier molecular flexibility index (Phi) is 5.31. The number of hydrogen-bond acceptors (Lipinski definition) is 4. The Morgan fingerprint density at radius 2 is 1.65 bits per heavy atom. The van der Waals surface area contributed by atoms with E-state index in [-0.39, 0.29) is 17.2 Å². The van der Waals surface area contributed by atoms with Crippen molar-refractivity contribution in [3.63, 3.8) is 0 Å². The molecule has 0 spiro atoms. The summed E-state index contributed by atoms with van der Waals surface area (Å²) < 4.78 is 5.61. The SMILES string of the molecule is CC(C)=CCOc1c(O)cc(O)cc1C=Cc1ccc(O)cc1. The van der Waals surface area contributed by atoms with Gasteiger partial charge in [-0.3, -0.25) is 0 Å². The number of aromatic hydroxyl groups is 3. The van der Waals surface area contributed by atoms with Gasteiger partial charge in [0.1, 0.15) is 18.1 Å². The molecule has 0 heterocycles. The van der Waals surface area contributed by atoms with Crippen LogP contribution in [0.5, 0.6) is 23.0 Å². The molecule has 0 fully saturated rings. The number of benzene rings is 2. The highest BCUT2D eigenvalue weighted by atomic mass is 16.5.